The Morgan fingerprint density at radius 2 is 2.04 bits per heavy atom. The second kappa shape index (κ2) is 7.92. The maximum Gasteiger partial charge on any atom is 0.347 e. The Bertz CT molecular complexity index is 726. The highest BCUT2D eigenvalue weighted by Gasteiger charge is 2.11. The number of fused-ring (bicyclic) bond motifs is 3. The molecule has 0 aliphatic rings. The van der Waals surface area contributed by atoms with Crippen molar-refractivity contribution >= 4 is 22.8 Å². The van der Waals surface area contributed by atoms with Gasteiger partial charge in [0.15, 0.2) is 0 Å². The summed E-state index contributed by atoms with van der Waals surface area (Å²) in [6, 6.07) is 3.12. The third-order valence-electron chi connectivity index (χ3n) is 3.74. The molecule has 0 amide bonds. The minimum Gasteiger partial charge on any atom is -0.507 e. The van der Waals surface area contributed by atoms with E-state index in [1.165, 1.54) is 6.07 Å². The van der Waals surface area contributed by atoms with Crippen LogP contribution in [0.25, 0.3) is 17.0 Å². The summed E-state index contributed by atoms with van der Waals surface area (Å²) < 4.78 is 4.93. The summed E-state index contributed by atoms with van der Waals surface area (Å²) in [5, 5.41) is 19.0. The monoisotopic (exact) mass is 318 g/mol. The van der Waals surface area contributed by atoms with Gasteiger partial charge < -0.3 is 14.6 Å². The van der Waals surface area contributed by atoms with Crippen molar-refractivity contribution in [3.05, 3.63) is 34.2 Å². The molecular formula is C18H22O5. The van der Waals surface area contributed by atoms with Crippen LogP contribution in [0.3, 0.4) is 0 Å². The summed E-state index contributed by atoms with van der Waals surface area (Å²) in [4.78, 5) is 23.2. The number of unbranched alkanes of at least 4 members (excludes halogenated alkanes) is 1. The molecule has 0 aliphatic carbocycles. The lowest BCUT2D eigenvalue weighted by Gasteiger charge is -2.04. The zero-order chi connectivity index (χ0) is 16.8. The third-order valence-corrected chi connectivity index (χ3v) is 3.74. The molecule has 2 N–H and O–H groups in total. The number of rotatable bonds is 9. The van der Waals surface area contributed by atoms with Crippen molar-refractivity contribution < 1.29 is 19.4 Å². The molecule has 1 unspecified atom stereocenters. The van der Waals surface area contributed by atoms with Crippen molar-refractivity contribution in [2.45, 2.75) is 51.6 Å². The number of hydrogen-bond donors (Lipinski definition) is 2. The molecular weight excluding hydrogens is 296 g/mol. The molecule has 0 saturated carbocycles. The van der Waals surface area contributed by atoms with Crippen LogP contribution in [-0.2, 0) is 4.79 Å². The Kier molecular flexibility index (Phi) is 5.93. The van der Waals surface area contributed by atoms with Crippen LogP contribution in [0.4, 0.5) is 0 Å². The standard InChI is InChI=1S/C18H22O5/c1-12(19)6-5-9-14(20)8-4-2-3-7-13-10-15-11-16(21)17(13)18(22)23-15/h3,7,10-12,19,21H,2,4-6,8-9H2,1H3. The molecule has 0 radical (unpaired) electrons. The maximum absolute atomic E-state index is 11.7. The van der Waals surface area contributed by atoms with E-state index in [0.717, 1.165) is 19.3 Å². The first kappa shape index (κ1) is 17.2. The zero-order valence-corrected chi connectivity index (χ0v) is 13.2. The van der Waals surface area contributed by atoms with Crippen LogP contribution in [0.2, 0.25) is 0 Å². The third kappa shape index (κ3) is 4.93. The van der Waals surface area contributed by atoms with Gasteiger partial charge >= 0.3 is 5.63 Å². The van der Waals surface area contributed by atoms with Crippen LogP contribution >= 0.6 is 0 Å². The summed E-state index contributed by atoms with van der Waals surface area (Å²) >= 11 is 0. The number of hydrogen-bond acceptors (Lipinski definition) is 5. The molecule has 1 aromatic carbocycles. The molecule has 23 heavy (non-hydrogen) atoms. The van der Waals surface area contributed by atoms with Gasteiger partial charge in [0.1, 0.15) is 22.5 Å². The summed E-state index contributed by atoms with van der Waals surface area (Å²) in [6.07, 6.45) is 7.20. The number of aromatic hydroxyl groups is 1. The highest BCUT2D eigenvalue weighted by Crippen LogP contribution is 2.26. The summed E-state index contributed by atoms with van der Waals surface area (Å²) in [5.41, 5.74) is 0.449. The Hall–Kier alpha value is -2.14. The molecule has 3 aromatic rings. The van der Waals surface area contributed by atoms with E-state index in [2.05, 4.69) is 0 Å². The number of phenolic OH excluding ortho intramolecular Hbond substituents is 1. The average molecular weight is 318 g/mol. The molecule has 124 valence electrons. The number of allylic oxidation sites excluding steroid dienone is 1. The van der Waals surface area contributed by atoms with Crippen molar-refractivity contribution in [3.8, 4) is 5.75 Å². The Morgan fingerprint density at radius 3 is 2.70 bits per heavy atom. The minimum absolute atomic E-state index is 0.0633. The fraction of sp³-hybridized carbons (Fsp3) is 0.444. The minimum atomic E-state index is -0.532. The van der Waals surface area contributed by atoms with Gasteiger partial charge in [-0.05, 0) is 44.2 Å². The summed E-state index contributed by atoms with van der Waals surface area (Å²) in [6.45, 7) is 1.72. The molecule has 5 nitrogen and oxygen atoms in total. The van der Waals surface area contributed by atoms with E-state index in [1.54, 1.807) is 19.1 Å². The van der Waals surface area contributed by atoms with E-state index in [4.69, 9.17) is 9.52 Å². The fourth-order valence-corrected chi connectivity index (χ4v) is 2.54. The van der Waals surface area contributed by atoms with Crippen LogP contribution < -0.4 is 5.63 Å². The number of aliphatic hydroxyl groups is 1. The molecule has 0 fully saturated rings. The van der Waals surface area contributed by atoms with Gasteiger partial charge in [-0.3, -0.25) is 4.79 Å². The van der Waals surface area contributed by atoms with Crippen LogP contribution in [0.15, 0.2) is 27.4 Å². The number of carbonyl (C=O) groups is 1. The van der Waals surface area contributed by atoms with Crippen molar-refractivity contribution in [1.29, 1.82) is 0 Å². The van der Waals surface area contributed by atoms with Gasteiger partial charge in [-0.1, -0.05) is 12.2 Å². The van der Waals surface area contributed by atoms with Crippen molar-refractivity contribution in [2.75, 3.05) is 0 Å². The number of phenols is 1. The van der Waals surface area contributed by atoms with Gasteiger partial charge in [-0.15, -0.1) is 0 Å². The van der Waals surface area contributed by atoms with E-state index >= 15 is 0 Å². The quantitative estimate of drug-likeness (QED) is 0.693. The first-order valence-corrected chi connectivity index (χ1v) is 7.93. The second-order valence-corrected chi connectivity index (χ2v) is 5.87. The van der Waals surface area contributed by atoms with E-state index in [-0.39, 0.29) is 23.0 Å². The lowest BCUT2D eigenvalue weighted by atomic mass is 10.0. The molecule has 3 rings (SSSR count). The molecule has 0 saturated heterocycles. The summed E-state index contributed by atoms with van der Waals surface area (Å²) in [7, 11) is 0. The Labute approximate surface area is 134 Å². The molecule has 2 bridgehead atoms. The fourth-order valence-electron chi connectivity index (χ4n) is 2.54. The largest absolute Gasteiger partial charge is 0.507 e. The molecule has 1 atom stereocenters. The highest BCUT2D eigenvalue weighted by atomic mass is 16.4. The SMILES string of the molecule is CC(O)CCCC(=O)CCCC=Cc1cc2cc(O)c1c(=O)o2. The first-order valence-electron chi connectivity index (χ1n) is 7.93. The first-order chi connectivity index (χ1) is 11.0. The number of Topliss-reactive ketones (excluding diaryl/α,β-unsaturated/α-hetero) is 1. The van der Waals surface area contributed by atoms with Crippen LogP contribution in [0.1, 0.15) is 51.0 Å². The number of aliphatic hydroxyl groups excluding tert-OH is 1. The van der Waals surface area contributed by atoms with Gasteiger partial charge in [0, 0.05) is 18.9 Å². The predicted octanol–water partition coefficient (Wildman–Crippen LogP) is 3.24. The van der Waals surface area contributed by atoms with Crippen LogP contribution in [-0.4, -0.2) is 22.1 Å². The smallest absolute Gasteiger partial charge is 0.347 e. The van der Waals surface area contributed by atoms with E-state index < -0.39 is 5.63 Å². The summed E-state index contributed by atoms with van der Waals surface area (Å²) in [5.74, 6) is 0.149. The Morgan fingerprint density at radius 1 is 1.30 bits per heavy atom. The number of carbonyl (C=O) groups excluding carboxylic acids is 1. The van der Waals surface area contributed by atoms with E-state index in [0.29, 0.717) is 30.4 Å². The Balaban J connectivity index is 1.77. The predicted molar refractivity (Wildman–Crippen MR) is 88.8 cm³/mol. The molecule has 0 aliphatic heterocycles. The number of ketones is 1. The topological polar surface area (TPSA) is 87.7 Å². The molecule has 2 heterocycles. The van der Waals surface area contributed by atoms with E-state index in [1.807, 2.05) is 6.08 Å². The lowest BCUT2D eigenvalue weighted by Crippen LogP contribution is -2.03. The normalized spacial score (nSPS) is 13.1. The molecule has 5 heteroatoms. The highest BCUT2D eigenvalue weighted by molar-refractivity contribution is 5.83. The van der Waals surface area contributed by atoms with Crippen molar-refractivity contribution in [3.63, 3.8) is 0 Å². The lowest BCUT2D eigenvalue weighted by molar-refractivity contribution is -0.119. The van der Waals surface area contributed by atoms with Gasteiger partial charge in [0.2, 0.25) is 0 Å². The van der Waals surface area contributed by atoms with Gasteiger partial charge in [-0.2, -0.15) is 0 Å². The molecule has 2 aromatic heterocycles. The maximum atomic E-state index is 11.7. The van der Waals surface area contributed by atoms with E-state index in [9.17, 15) is 14.7 Å². The molecule has 0 spiro atoms. The van der Waals surface area contributed by atoms with Crippen LogP contribution in [0.5, 0.6) is 5.75 Å². The average Bonchev–Trinajstić information content (AvgIpc) is 2.45. The van der Waals surface area contributed by atoms with Crippen LogP contribution in [0, 0.1) is 0 Å². The number of benzene rings is 1. The zero-order valence-electron chi connectivity index (χ0n) is 13.2. The van der Waals surface area contributed by atoms with Gasteiger partial charge in [0.25, 0.3) is 0 Å². The van der Waals surface area contributed by atoms with Gasteiger partial charge in [0.05, 0.1) is 6.10 Å². The second-order valence-electron chi connectivity index (χ2n) is 5.87. The van der Waals surface area contributed by atoms with Crippen molar-refractivity contribution in [1.82, 2.24) is 0 Å². The van der Waals surface area contributed by atoms with Gasteiger partial charge in [-0.25, -0.2) is 4.79 Å². The van der Waals surface area contributed by atoms with Crippen molar-refractivity contribution in [2.24, 2.45) is 0 Å².